The van der Waals surface area contributed by atoms with Crippen molar-refractivity contribution in [1.29, 1.82) is 0 Å². The largest absolute Gasteiger partial charge is 0.344 e. The number of rotatable bonds is 2. The molecule has 1 aliphatic rings. The molecule has 1 aromatic heterocycles. The fraction of sp³-hybridized carbons (Fsp3) is 0.692. The molecule has 18 heavy (non-hydrogen) atoms. The first kappa shape index (κ1) is 13.5. The molecule has 0 spiro atoms. The van der Waals surface area contributed by atoms with Gasteiger partial charge in [-0.25, -0.2) is 4.98 Å². The van der Waals surface area contributed by atoms with Crippen LogP contribution >= 0.6 is 11.3 Å². The highest BCUT2D eigenvalue weighted by Crippen LogP contribution is 2.28. The number of carbonyl (C=O) groups excluding carboxylic acids is 1. The fourth-order valence-corrected chi connectivity index (χ4v) is 3.58. The summed E-state index contributed by atoms with van der Waals surface area (Å²) in [5.41, 5.74) is 0.868. The molecule has 2 rings (SSSR count). The van der Waals surface area contributed by atoms with Crippen LogP contribution in [-0.4, -0.2) is 48.4 Å². The quantitative estimate of drug-likeness (QED) is 0.770. The molecule has 0 amide bonds. The second-order valence-corrected chi connectivity index (χ2v) is 6.10. The topological polar surface area (TPSA) is 36.4 Å². The van der Waals surface area contributed by atoms with Gasteiger partial charge in [0, 0.05) is 26.1 Å². The van der Waals surface area contributed by atoms with Gasteiger partial charge in [-0.2, -0.15) is 0 Å². The van der Waals surface area contributed by atoms with E-state index >= 15 is 0 Å². The molecule has 0 aromatic carbocycles. The normalized spacial score (nSPS) is 22.0. The van der Waals surface area contributed by atoms with Crippen LogP contribution < -0.4 is 4.90 Å². The maximum atomic E-state index is 11.5. The second kappa shape index (κ2) is 5.36. The minimum absolute atomic E-state index is 0.121. The van der Waals surface area contributed by atoms with E-state index in [2.05, 4.69) is 28.8 Å². The number of Topliss-reactive ketones (excluding diaryl/α,β-unsaturated/α-hetero) is 1. The van der Waals surface area contributed by atoms with Crippen LogP contribution in [0.15, 0.2) is 0 Å². The highest BCUT2D eigenvalue weighted by atomic mass is 32.1. The van der Waals surface area contributed by atoms with Crippen LogP contribution in [0.1, 0.15) is 35.6 Å². The van der Waals surface area contributed by atoms with Gasteiger partial charge in [-0.3, -0.25) is 4.79 Å². The lowest BCUT2D eigenvalue weighted by atomic mass is 10.3. The molecule has 1 unspecified atom stereocenters. The molecule has 5 heteroatoms. The summed E-state index contributed by atoms with van der Waals surface area (Å²) in [4.78, 5) is 21.6. The van der Waals surface area contributed by atoms with E-state index in [0.717, 1.165) is 41.8 Å². The lowest BCUT2D eigenvalue weighted by Crippen LogP contribution is -2.37. The second-order valence-electron chi connectivity index (χ2n) is 5.13. The van der Waals surface area contributed by atoms with E-state index in [1.165, 1.54) is 11.3 Å². The summed E-state index contributed by atoms with van der Waals surface area (Å²) in [7, 11) is 2.16. The van der Waals surface area contributed by atoms with Gasteiger partial charge in [-0.05, 0) is 33.9 Å². The average Bonchev–Trinajstić information content (AvgIpc) is 2.57. The minimum Gasteiger partial charge on any atom is -0.344 e. The zero-order chi connectivity index (χ0) is 13.3. The van der Waals surface area contributed by atoms with Crippen molar-refractivity contribution in [3.63, 3.8) is 0 Å². The molecule has 1 aromatic rings. The number of aryl methyl sites for hydroxylation is 1. The van der Waals surface area contributed by atoms with E-state index in [4.69, 9.17) is 0 Å². The molecule has 1 atom stereocenters. The molecular formula is C13H21N3OS. The van der Waals surface area contributed by atoms with Gasteiger partial charge in [0.15, 0.2) is 10.9 Å². The number of carbonyl (C=O) groups is 1. The zero-order valence-electron chi connectivity index (χ0n) is 11.6. The molecule has 2 heterocycles. The summed E-state index contributed by atoms with van der Waals surface area (Å²) in [5.74, 6) is 0.121. The zero-order valence-corrected chi connectivity index (χ0v) is 12.4. The van der Waals surface area contributed by atoms with Crippen LogP contribution in [0, 0.1) is 6.92 Å². The van der Waals surface area contributed by atoms with Crippen molar-refractivity contribution < 1.29 is 4.79 Å². The highest BCUT2D eigenvalue weighted by molar-refractivity contribution is 7.17. The summed E-state index contributed by atoms with van der Waals surface area (Å²) < 4.78 is 0. The summed E-state index contributed by atoms with van der Waals surface area (Å²) in [5, 5.41) is 1.00. The molecule has 1 fully saturated rings. The van der Waals surface area contributed by atoms with Crippen LogP contribution in [0.5, 0.6) is 0 Å². The summed E-state index contributed by atoms with van der Waals surface area (Å²) in [6.07, 6.45) is 1.15. The third-order valence-corrected chi connectivity index (χ3v) is 4.69. The number of anilines is 1. The Balaban J connectivity index is 2.24. The number of thiazole rings is 1. The summed E-state index contributed by atoms with van der Waals surface area (Å²) in [6.45, 7) is 8.97. The van der Waals surface area contributed by atoms with Gasteiger partial charge in [0.25, 0.3) is 0 Å². The van der Waals surface area contributed by atoms with Gasteiger partial charge in [-0.1, -0.05) is 11.3 Å². The van der Waals surface area contributed by atoms with Gasteiger partial charge in [0.2, 0.25) is 0 Å². The van der Waals surface area contributed by atoms with Crippen molar-refractivity contribution in [3.8, 4) is 0 Å². The number of hydrogen-bond acceptors (Lipinski definition) is 5. The van der Waals surface area contributed by atoms with Gasteiger partial charge < -0.3 is 9.80 Å². The first-order chi connectivity index (χ1) is 8.49. The van der Waals surface area contributed by atoms with Crippen LogP contribution in [0.2, 0.25) is 0 Å². The number of likely N-dealkylation sites (N-methyl/N-ethyl adjacent to an activating group) is 1. The predicted octanol–water partition coefficient (Wildman–Crippen LogP) is 2.18. The SMILES string of the molecule is CC(=O)c1sc(N2CCCN(C)CC2C)nc1C. The maximum Gasteiger partial charge on any atom is 0.186 e. The molecule has 0 radical (unpaired) electrons. The summed E-state index contributed by atoms with van der Waals surface area (Å²) in [6, 6.07) is 0.447. The van der Waals surface area contributed by atoms with E-state index in [-0.39, 0.29) is 5.78 Å². The van der Waals surface area contributed by atoms with Crippen LogP contribution in [0.4, 0.5) is 5.13 Å². The number of aromatic nitrogens is 1. The van der Waals surface area contributed by atoms with Gasteiger partial charge in [0.05, 0.1) is 10.6 Å². The molecular weight excluding hydrogens is 246 g/mol. The van der Waals surface area contributed by atoms with Gasteiger partial charge in [0.1, 0.15) is 0 Å². The van der Waals surface area contributed by atoms with Gasteiger partial charge >= 0.3 is 0 Å². The number of hydrogen-bond donors (Lipinski definition) is 0. The molecule has 100 valence electrons. The Labute approximate surface area is 113 Å². The standard InChI is InChI=1S/C13H21N3OS/c1-9-8-15(4)6-5-7-16(9)13-14-10(2)12(18-13)11(3)17/h9H,5-8H2,1-4H3. The Morgan fingerprint density at radius 1 is 1.44 bits per heavy atom. The van der Waals surface area contributed by atoms with Crippen molar-refractivity contribution in [2.75, 3.05) is 31.6 Å². The van der Waals surface area contributed by atoms with Crippen LogP contribution in [0.25, 0.3) is 0 Å². The third kappa shape index (κ3) is 2.72. The lowest BCUT2D eigenvalue weighted by molar-refractivity contribution is 0.102. The number of nitrogens with zero attached hydrogens (tertiary/aromatic N) is 3. The Bertz CT molecular complexity index is 443. The predicted molar refractivity (Wildman–Crippen MR) is 75.8 cm³/mol. The first-order valence-electron chi connectivity index (χ1n) is 6.42. The van der Waals surface area contributed by atoms with E-state index in [0.29, 0.717) is 6.04 Å². The minimum atomic E-state index is 0.121. The lowest BCUT2D eigenvalue weighted by Gasteiger charge is -2.27. The van der Waals surface area contributed by atoms with Gasteiger partial charge in [-0.15, -0.1) is 0 Å². The molecule has 0 bridgehead atoms. The van der Waals surface area contributed by atoms with Crippen LogP contribution in [0.3, 0.4) is 0 Å². The Morgan fingerprint density at radius 2 is 2.17 bits per heavy atom. The summed E-state index contributed by atoms with van der Waals surface area (Å²) >= 11 is 1.54. The molecule has 0 saturated carbocycles. The smallest absolute Gasteiger partial charge is 0.186 e. The fourth-order valence-electron chi connectivity index (χ4n) is 2.49. The molecule has 1 aliphatic heterocycles. The monoisotopic (exact) mass is 267 g/mol. The van der Waals surface area contributed by atoms with E-state index in [9.17, 15) is 4.79 Å². The highest BCUT2D eigenvalue weighted by Gasteiger charge is 2.23. The first-order valence-corrected chi connectivity index (χ1v) is 7.24. The van der Waals surface area contributed by atoms with Crippen molar-refractivity contribution in [1.82, 2.24) is 9.88 Å². The van der Waals surface area contributed by atoms with E-state index < -0.39 is 0 Å². The third-order valence-electron chi connectivity index (χ3n) is 3.40. The Kier molecular flexibility index (Phi) is 4.02. The molecule has 1 saturated heterocycles. The van der Waals surface area contributed by atoms with Crippen molar-refractivity contribution in [2.45, 2.75) is 33.2 Å². The number of ketones is 1. The van der Waals surface area contributed by atoms with Crippen molar-refractivity contribution in [2.24, 2.45) is 0 Å². The van der Waals surface area contributed by atoms with Crippen molar-refractivity contribution in [3.05, 3.63) is 10.6 Å². The molecule has 0 aliphatic carbocycles. The molecule has 4 nitrogen and oxygen atoms in total. The molecule has 0 N–H and O–H groups in total. The Hall–Kier alpha value is -0.940. The van der Waals surface area contributed by atoms with E-state index in [1.807, 2.05) is 6.92 Å². The van der Waals surface area contributed by atoms with E-state index in [1.54, 1.807) is 6.92 Å². The Morgan fingerprint density at radius 3 is 2.78 bits per heavy atom. The van der Waals surface area contributed by atoms with Crippen molar-refractivity contribution >= 4 is 22.3 Å². The average molecular weight is 267 g/mol. The van der Waals surface area contributed by atoms with Crippen LogP contribution in [-0.2, 0) is 0 Å². The maximum absolute atomic E-state index is 11.5.